The maximum atomic E-state index is 12.9. The molecule has 2 aromatic rings. The molecule has 6 heteroatoms. The van der Waals surface area contributed by atoms with E-state index < -0.39 is 0 Å². The van der Waals surface area contributed by atoms with Gasteiger partial charge in [0.2, 0.25) is 5.91 Å². The van der Waals surface area contributed by atoms with Gasteiger partial charge < -0.3 is 15.5 Å². The maximum Gasteiger partial charge on any atom is 0.254 e. The van der Waals surface area contributed by atoms with Crippen molar-refractivity contribution in [2.75, 3.05) is 25.5 Å². The van der Waals surface area contributed by atoms with Crippen molar-refractivity contribution < 1.29 is 9.59 Å². The molecule has 3 rings (SSSR count). The van der Waals surface area contributed by atoms with Gasteiger partial charge in [0.15, 0.2) is 0 Å². The summed E-state index contributed by atoms with van der Waals surface area (Å²) in [6.07, 6.45) is 2.43. The molecule has 1 heterocycles. The summed E-state index contributed by atoms with van der Waals surface area (Å²) in [6.45, 7) is 1.42. The van der Waals surface area contributed by atoms with Gasteiger partial charge in [0.1, 0.15) is 0 Å². The van der Waals surface area contributed by atoms with Crippen LogP contribution in [0, 0.1) is 0 Å². The van der Waals surface area contributed by atoms with Gasteiger partial charge >= 0.3 is 0 Å². The SMILES string of the molecule is CNCCC(=O)Nc1ccc(C(=O)N2CCCC2c2ccccc2)cc1.Cl. The van der Waals surface area contributed by atoms with E-state index in [9.17, 15) is 9.59 Å². The first kappa shape index (κ1) is 20.9. The zero-order valence-electron chi connectivity index (χ0n) is 15.5. The average Bonchev–Trinajstić information content (AvgIpc) is 3.17. The second-order valence-corrected chi connectivity index (χ2v) is 6.55. The van der Waals surface area contributed by atoms with Crippen LogP contribution in [0.5, 0.6) is 0 Å². The fourth-order valence-corrected chi connectivity index (χ4v) is 3.36. The molecule has 2 N–H and O–H groups in total. The topological polar surface area (TPSA) is 61.4 Å². The van der Waals surface area contributed by atoms with Crippen LogP contribution in [0.1, 0.15) is 41.2 Å². The molecule has 1 saturated heterocycles. The number of halogens is 1. The van der Waals surface area contributed by atoms with E-state index >= 15 is 0 Å². The summed E-state index contributed by atoms with van der Waals surface area (Å²) in [5.74, 6) is 0.00604. The largest absolute Gasteiger partial charge is 0.332 e. The third kappa shape index (κ3) is 5.31. The summed E-state index contributed by atoms with van der Waals surface area (Å²) >= 11 is 0. The second kappa shape index (κ2) is 10.1. The third-order valence-corrected chi connectivity index (χ3v) is 4.72. The van der Waals surface area contributed by atoms with Crippen molar-refractivity contribution >= 4 is 29.9 Å². The van der Waals surface area contributed by atoms with Crippen molar-refractivity contribution in [3.05, 3.63) is 65.7 Å². The molecule has 0 radical (unpaired) electrons. The number of likely N-dealkylation sites (tertiary alicyclic amines) is 1. The Balaban J connectivity index is 0.00000261. The summed E-state index contributed by atoms with van der Waals surface area (Å²) in [5, 5.41) is 5.79. The molecule has 0 saturated carbocycles. The molecule has 0 spiro atoms. The Hall–Kier alpha value is -2.37. The summed E-state index contributed by atoms with van der Waals surface area (Å²) in [7, 11) is 1.81. The van der Waals surface area contributed by atoms with Crippen LogP contribution in [0.25, 0.3) is 0 Å². The highest BCUT2D eigenvalue weighted by Gasteiger charge is 2.30. The first-order chi connectivity index (χ1) is 12.7. The predicted octanol–water partition coefficient (Wildman–Crippen LogP) is 3.63. The van der Waals surface area contributed by atoms with Crippen LogP contribution in [-0.2, 0) is 4.79 Å². The van der Waals surface area contributed by atoms with E-state index in [2.05, 4.69) is 22.8 Å². The molecule has 1 aliphatic heterocycles. The average molecular weight is 388 g/mol. The van der Waals surface area contributed by atoms with E-state index in [0.717, 1.165) is 19.4 Å². The zero-order valence-corrected chi connectivity index (χ0v) is 16.3. The lowest BCUT2D eigenvalue weighted by atomic mass is 10.0. The number of hydrogen-bond acceptors (Lipinski definition) is 3. The van der Waals surface area contributed by atoms with E-state index in [1.165, 1.54) is 5.56 Å². The Morgan fingerprint density at radius 3 is 2.44 bits per heavy atom. The van der Waals surface area contributed by atoms with Gasteiger partial charge in [-0.25, -0.2) is 0 Å². The van der Waals surface area contributed by atoms with E-state index in [1.807, 2.05) is 30.1 Å². The Morgan fingerprint density at radius 1 is 1.07 bits per heavy atom. The Kier molecular flexibility index (Phi) is 7.82. The minimum Gasteiger partial charge on any atom is -0.332 e. The van der Waals surface area contributed by atoms with E-state index in [0.29, 0.717) is 24.2 Å². The van der Waals surface area contributed by atoms with Crippen LogP contribution in [0.15, 0.2) is 54.6 Å². The highest BCUT2D eigenvalue weighted by atomic mass is 35.5. The molecule has 2 amide bonds. The fourth-order valence-electron chi connectivity index (χ4n) is 3.36. The number of hydrogen-bond donors (Lipinski definition) is 2. The first-order valence-electron chi connectivity index (χ1n) is 9.09. The van der Waals surface area contributed by atoms with Gasteiger partial charge in [0, 0.05) is 30.8 Å². The molecule has 0 aromatic heterocycles. The van der Waals surface area contributed by atoms with Gasteiger partial charge in [-0.15, -0.1) is 12.4 Å². The summed E-state index contributed by atoms with van der Waals surface area (Å²) in [4.78, 5) is 26.7. The number of benzene rings is 2. The second-order valence-electron chi connectivity index (χ2n) is 6.55. The summed E-state index contributed by atoms with van der Waals surface area (Å²) < 4.78 is 0. The molecular formula is C21H26ClN3O2. The van der Waals surface area contributed by atoms with Crippen molar-refractivity contribution in [1.82, 2.24) is 10.2 Å². The molecule has 1 atom stereocenters. The lowest BCUT2D eigenvalue weighted by Crippen LogP contribution is -2.30. The van der Waals surface area contributed by atoms with Crippen molar-refractivity contribution in [3.63, 3.8) is 0 Å². The van der Waals surface area contributed by atoms with Gasteiger partial charge in [0.05, 0.1) is 6.04 Å². The van der Waals surface area contributed by atoms with Gasteiger partial charge in [-0.05, 0) is 49.7 Å². The number of nitrogens with zero attached hydrogens (tertiary/aromatic N) is 1. The van der Waals surface area contributed by atoms with Crippen LogP contribution >= 0.6 is 12.4 Å². The lowest BCUT2D eigenvalue weighted by Gasteiger charge is -2.25. The zero-order chi connectivity index (χ0) is 18.4. The number of rotatable bonds is 6. The monoisotopic (exact) mass is 387 g/mol. The minimum absolute atomic E-state index is 0. The highest BCUT2D eigenvalue weighted by Crippen LogP contribution is 2.33. The Labute approximate surface area is 166 Å². The van der Waals surface area contributed by atoms with Crippen LogP contribution in [-0.4, -0.2) is 36.9 Å². The molecule has 2 aromatic carbocycles. The van der Waals surface area contributed by atoms with Crippen molar-refractivity contribution in [2.24, 2.45) is 0 Å². The quantitative estimate of drug-likeness (QED) is 0.795. The smallest absolute Gasteiger partial charge is 0.254 e. The minimum atomic E-state index is -0.0397. The van der Waals surface area contributed by atoms with Crippen molar-refractivity contribution in [1.29, 1.82) is 0 Å². The summed E-state index contributed by atoms with van der Waals surface area (Å²) in [6, 6.07) is 17.5. The molecule has 144 valence electrons. The van der Waals surface area contributed by atoms with Crippen molar-refractivity contribution in [2.45, 2.75) is 25.3 Å². The van der Waals surface area contributed by atoms with Gasteiger partial charge in [-0.1, -0.05) is 30.3 Å². The van der Waals surface area contributed by atoms with E-state index in [-0.39, 0.29) is 30.3 Å². The molecule has 1 aliphatic rings. The fraction of sp³-hybridized carbons (Fsp3) is 0.333. The van der Waals surface area contributed by atoms with Crippen LogP contribution in [0.2, 0.25) is 0 Å². The lowest BCUT2D eigenvalue weighted by molar-refractivity contribution is -0.116. The Morgan fingerprint density at radius 2 is 1.78 bits per heavy atom. The van der Waals surface area contributed by atoms with Crippen LogP contribution in [0.4, 0.5) is 5.69 Å². The number of carbonyl (C=O) groups excluding carboxylic acids is 2. The normalized spacial score (nSPS) is 15.9. The van der Waals surface area contributed by atoms with Crippen LogP contribution < -0.4 is 10.6 Å². The third-order valence-electron chi connectivity index (χ3n) is 4.72. The molecule has 5 nitrogen and oxygen atoms in total. The van der Waals surface area contributed by atoms with E-state index in [1.54, 1.807) is 24.3 Å². The highest BCUT2D eigenvalue weighted by molar-refractivity contribution is 5.96. The van der Waals surface area contributed by atoms with Crippen molar-refractivity contribution in [3.8, 4) is 0 Å². The predicted molar refractivity (Wildman–Crippen MR) is 110 cm³/mol. The molecule has 27 heavy (non-hydrogen) atoms. The number of anilines is 1. The summed E-state index contributed by atoms with van der Waals surface area (Å²) in [5.41, 5.74) is 2.55. The maximum absolute atomic E-state index is 12.9. The number of nitrogens with one attached hydrogen (secondary N) is 2. The number of amides is 2. The van der Waals surface area contributed by atoms with E-state index in [4.69, 9.17) is 0 Å². The first-order valence-corrected chi connectivity index (χ1v) is 9.09. The van der Waals surface area contributed by atoms with Gasteiger partial charge in [-0.2, -0.15) is 0 Å². The molecule has 1 unspecified atom stereocenters. The Bertz CT molecular complexity index is 750. The molecule has 1 fully saturated rings. The molecule has 0 bridgehead atoms. The number of carbonyl (C=O) groups is 2. The standard InChI is InChI=1S/C21H25N3O2.ClH/c1-22-14-13-20(25)23-18-11-9-17(10-12-18)21(26)24-15-5-8-19(24)16-6-3-2-4-7-16;/h2-4,6-7,9-12,19,22H,5,8,13-15H2,1H3,(H,23,25);1H. The molecular weight excluding hydrogens is 362 g/mol. The molecule has 0 aliphatic carbocycles. The van der Waals surface area contributed by atoms with Gasteiger partial charge in [0.25, 0.3) is 5.91 Å². The van der Waals surface area contributed by atoms with Crippen LogP contribution in [0.3, 0.4) is 0 Å². The van der Waals surface area contributed by atoms with Gasteiger partial charge in [-0.3, -0.25) is 9.59 Å².